The molecule has 3 rings (SSSR count). The summed E-state index contributed by atoms with van der Waals surface area (Å²) < 4.78 is 11.1. The molecule has 0 spiro atoms. The molecule has 1 aliphatic rings. The molecule has 160 valence electrons. The van der Waals surface area contributed by atoms with Crippen molar-refractivity contribution in [3.63, 3.8) is 0 Å². The number of benzene rings is 2. The van der Waals surface area contributed by atoms with Gasteiger partial charge in [-0.1, -0.05) is 60.1 Å². The molecule has 1 heterocycles. The third-order valence-electron chi connectivity index (χ3n) is 5.30. The fourth-order valence-corrected chi connectivity index (χ4v) is 4.00. The first kappa shape index (κ1) is 22.5. The molecule has 1 saturated heterocycles. The van der Waals surface area contributed by atoms with Crippen molar-refractivity contribution in [1.29, 1.82) is 0 Å². The van der Waals surface area contributed by atoms with E-state index < -0.39 is 0 Å². The quantitative estimate of drug-likeness (QED) is 0.414. The van der Waals surface area contributed by atoms with Crippen molar-refractivity contribution in [2.75, 3.05) is 39.5 Å². The summed E-state index contributed by atoms with van der Waals surface area (Å²) in [6.45, 7) is 6.04. The van der Waals surface area contributed by atoms with Crippen LogP contribution in [0.3, 0.4) is 0 Å². The average molecular weight is 428 g/mol. The summed E-state index contributed by atoms with van der Waals surface area (Å²) >= 11 is 6.20. The van der Waals surface area contributed by atoms with E-state index in [4.69, 9.17) is 21.1 Å². The monoisotopic (exact) mass is 427 g/mol. The second-order valence-electron chi connectivity index (χ2n) is 7.46. The zero-order valence-corrected chi connectivity index (χ0v) is 18.3. The Kier molecular flexibility index (Phi) is 8.94. The Bertz CT molecular complexity index is 837. The van der Waals surface area contributed by atoms with Gasteiger partial charge in [0.05, 0.1) is 25.7 Å². The lowest BCUT2D eigenvalue weighted by atomic mass is 9.98. The molecule has 1 aliphatic heterocycles. The van der Waals surface area contributed by atoms with Crippen LogP contribution in [0, 0.1) is 5.92 Å². The smallest absolute Gasteiger partial charge is 0.310 e. The normalized spacial score (nSPS) is 17.7. The number of halogens is 1. The van der Waals surface area contributed by atoms with E-state index in [9.17, 15) is 4.79 Å². The van der Waals surface area contributed by atoms with Crippen LogP contribution < -0.4 is 0 Å². The molecule has 2 aromatic carbocycles. The number of hydrogen-bond donors (Lipinski definition) is 0. The highest BCUT2D eigenvalue weighted by Gasteiger charge is 2.26. The Hall–Kier alpha value is -2.14. The number of rotatable bonds is 9. The molecule has 0 bridgehead atoms. The standard InChI is InChI=1S/C25H30ClNO3/c1-2-30-25(28)22-11-7-14-27(19-22)15-17-29-16-13-24(20-8-4-3-5-9-20)21-10-6-12-23(26)18-21/h3-6,8-10,12-13,18,22H,2,7,11,14-17,19H2,1H3/b24-13-/t22-/m1/s1. The Morgan fingerprint density at radius 2 is 1.97 bits per heavy atom. The minimum atomic E-state index is -0.0694. The van der Waals surface area contributed by atoms with E-state index in [1.165, 1.54) is 0 Å². The van der Waals surface area contributed by atoms with E-state index in [0.29, 0.717) is 19.8 Å². The summed E-state index contributed by atoms with van der Waals surface area (Å²) in [6, 6.07) is 18.1. The molecule has 0 N–H and O–H groups in total. The van der Waals surface area contributed by atoms with Crippen LogP contribution in [0.15, 0.2) is 60.7 Å². The largest absolute Gasteiger partial charge is 0.466 e. The predicted molar refractivity (Wildman–Crippen MR) is 122 cm³/mol. The summed E-state index contributed by atoms with van der Waals surface area (Å²) in [6.07, 6.45) is 4.05. The topological polar surface area (TPSA) is 38.8 Å². The first-order chi connectivity index (χ1) is 14.7. The fourth-order valence-electron chi connectivity index (χ4n) is 3.81. The van der Waals surface area contributed by atoms with E-state index in [0.717, 1.165) is 54.2 Å². The van der Waals surface area contributed by atoms with Crippen molar-refractivity contribution < 1.29 is 14.3 Å². The second kappa shape index (κ2) is 11.9. The van der Waals surface area contributed by atoms with Gasteiger partial charge in [0.1, 0.15) is 0 Å². The van der Waals surface area contributed by atoms with Gasteiger partial charge in [-0.3, -0.25) is 4.79 Å². The van der Waals surface area contributed by atoms with Crippen molar-refractivity contribution in [1.82, 2.24) is 4.90 Å². The number of piperidine rings is 1. The van der Waals surface area contributed by atoms with E-state index >= 15 is 0 Å². The van der Waals surface area contributed by atoms with Crippen molar-refractivity contribution in [2.45, 2.75) is 19.8 Å². The zero-order valence-electron chi connectivity index (χ0n) is 17.6. The molecule has 30 heavy (non-hydrogen) atoms. The zero-order chi connectivity index (χ0) is 21.2. The van der Waals surface area contributed by atoms with Crippen LogP contribution in [0.2, 0.25) is 5.02 Å². The number of hydrogen-bond acceptors (Lipinski definition) is 4. The molecular formula is C25H30ClNO3. The SMILES string of the molecule is CCOC(=O)[C@@H]1CCCN(CCOC/C=C(/c2ccccc2)c2cccc(Cl)c2)C1. The predicted octanol–water partition coefficient (Wildman–Crippen LogP) is 5.06. The Labute approximate surface area is 184 Å². The third kappa shape index (κ3) is 6.69. The summed E-state index contributed by atoms with van der Waals surface area (Å²) in [5.74, 6) is -0.0776. The summed E-state index contributed by atoms with van der Waals surface area (Å²) in [5, 5.41) is 0.719. The van der Waals surface area contributed by atoms with Crippen molar-refractivity contribution in [2.24, 2.45) is 5.92 Å². The number of likely N-dealkylation sites (tertiary alicyclic amines) is 1. The molecular weight excluding hydrogens is 398 g/mol. The van der Waals surface area contributed by atoms with Crippen LogP contribution in [0.25, 0.3) is 5.57 Å². The Morgan fingerprint density at radius 3 is 2.73 bits per heavy atom. The number of esters is 1. The highest BCUT2D eigenvalue weighted by atomic mass is 35.5. The molecule has 0 unspecified atom stereocenters. The molecule has 0 amide bonds. The lowest BCUT2D eigenvalue weighted by molar-refractivity contribution is -0.150. The lowest BCUT2D eigenvalue weighted by Gasteiger charge is -2.31. The molecule has 4 nitrogen and oxygen atoms in total. The van der Waals surface area contributed by atoms with Crippen LogP contribution in [0.4, 0.5) is 0 Å². The van der Waals surface area contributed by atoms with Gasteiger partial charge in [-0.05, 0) is 55.1 Å². The highest BCUT2D eigenvalue weighted by Crippen LogP contribution is 2.25. The van der Waals surface area contributed by atoms with E-state index in [-0.39, 0.29) is 11.9 Å². The van der Waals surface area contributed by atoms with Crippen LogP contribution in [0.1, 0.15) is 30.9 Å². The average Bonchev–Trinajstić information content (AvgIpc) is 2.77. The first-order valence-corrected chi connectivity index (χ1v) is 11.0. The van der Waals surface area contributed by atoms with E-state index in [1.54, 1.807) is 0 Å². The van der Waals surface area contributed by atoms with Gasteiger partial charge in [-0.2, -0.15) is 0 Å². The van der Waals surface area contributed by atoms with Crippen LogP contribution in [-0.4, -0.2) is 50.3 Å². The maximum absolute atomic E-state index is 12.0. The molecule has 2 aromatic rings. The summed E-state index contributed by atoms with van der Waals surface area (Å²) in [7, 11) is 0. The molecule has 5 heteroatoms. The van der Waals surface area contributed by atoms with Crippen molar-refractivity contribution in [3.8, 4) is 0 Å². The molecule has 0 radical (unpaired) electrons. The summed E-state index contributed by atoms with van der Waals surface area (Å²) in [5.41, 5.74) is 3.32. The van der Waals surface area contributed by atoms with Crippen LogP contribution in [-0.2, 0) is 14.3 Å². The Morgan fingerprint density at radius 1 is 1.17 bits per heavy atom. The minimum Gasteiger partial charge on any atom is -0.466 e. The molecule has 0 saturated carbocycles. The first-order valence-electron chi connectivity index (χ1n) is 10.7. The van der Waals surface area contributed by atoms with Gasteiger partial charge in [0.25, 0.3) is 0 Å². The lowest BCUT2D eigenvalue weighted by Crippen LogP contribution is -2.40. The van der Waals surface area contributed by atoms with Gasteiger partial charge >= 0.3 is 5.97 Å². The second-order valence-corrected chi connectivity index (χ2v) is 7.90. The molecule has 1 atom stereocenters. The van der Waals surface area contributed by atoms with Gasteiger partial charge in [-0.15, -0.1) is 0 Å². The van der Waals surface area contributed by atoms with Gasteiger partial charge < -0.3 is 14.4 Å². The van der Waals surface area contributed by atoms with E-state index in [1.807, 2.05) is 43.3 Å². The van der Waals surface area contributed by atoms with Gasteiger partial charge in [0, 0.05) is 18.1 Å². The maximum atomic E-state index is 12.0. The number of ether oxygens (including phenoxy) is 2. The molecule has 1 fully saturated rings. The van der Waals surface area contributed by atoms with Gasteiger partial charge in [-0.25, -0.2) is 0 Å². The molecule has 0 aliphatic carbocycles. The molecule has 0 aromatic heterocycles. The maximum Gasteiger partial charge on any atom is 0.310 e. The fraction of sp³-hybridized carbons (Fsp3) is 0.400. The van der Waals surface area contributed by atoms with Gasteiger partial charge in [0.2, 0.25) is 0 Å². The number of carbonyl (C=O) groups excluding carboxylic acids is 1. The Balaban J connectivity index is 1.54. The minimum absolute atomic E-state index is 0.00823. The van der Waals surface area contributed by atoms with Crippen LogP contribution >= 0.6 is 11.6 Å². The van der Waals surface area contributed by atoms with Crippen LogP contribution in [0.5, 0.6) is 0 Å². The highest BCUT2D eigenvalue weighted by molar-refractivity contribution is 6.30. The number of nitrogens with zero attached hydrogens (tertiary/aromatic N) is 1. The van der Waals surface area contributed by atoms with E-state index in [2.05, 4.69) is 29.2 Å². The van der Waals surface area contributed by atoms with Crippen molar-refractivity contribution in [3.05, 3.63) is 76.8 Å². The number of carbonyl (C=O) groups is 1. The summed E-state index contributed by atoms with van der Waals surface area (Å²) in [4.78, 5) is 14.3. The third-order valence-corrected chi connectivity index (χ3v) is 5.54. The van der Waals surface area contributed by atoms with Crippen molar-refractivity contribution >= 4 is 23.1 Å². The van der Waals surface area contributed by atoms with Gasteiger partial charge in [0.15, 0.2) is 0 Å².